The zero-order chi connectivity index (χ0) is 23.5. The SMILES string of the molecule is Cc1nc(CNC(=O)C(C)NC(=O)OCC2c3ccccc3-c3ccccc32)sc1C(=O)O. The Hall–Kier alpha value is -3.72. The fraction of sp³-hybridized carbons (Fsp3) is 0.250. The molecule has 1 aliphatic carbocycles. The van der Waals surface area contributed by atoms with Crippen molar-refractivity contribution in [2.45, 2.75) is 32.4 Å². The van der Waals surface area contributed by atoms with Gasteiger partial charge in [-0.05, 0) is 36.1 Å². The van der Waals surface area contributed by atoms with E-state index in [0.29, 0.717) is 10.7 Å². The molecule has 4 rings (SSSR count). The van der Waals surface area contributed by atoms with Crippen LogP contribution in [0.25, 0.3) is 11.1 Å². The number of benzene rings is 2. The van der Waals surface area contributed by atoms with E-state index in [1.807, 2.05) is 36.4 Å². The minimum absolute atomic E-state index is 0.0659. The lowest BCUT2D eigenvalue weighted by atomic mass is 9.98. The maximum absolute atomic E-state index is 12.3. The molecule has 0 bridgehead atoms. The molecule has 170 valence electrons. The van der Waals surface area contributed by atoms with Crippen LogP contribution in [0, 0.1) is 6.92 Å². The van der Waals surface area contributed by atoms with Crippen LogP contribution in [-0.4, -0.2) is 40.7 Å². The number of nitrogens with one attached hydrogen (secondary N) is 2. The molecule has 1 aliphatic rings. The summed E-state index contributed by atoms with van der Waals surface area (Å²) in [5.41, 5.74) is 4.90. The average Bonchev–Trinajstić information content (AvgIpc) is 3.33. The highest BCUT2D eigenvalue weighted by Crippen LogP contribution is 2.44. The number of aromatic nitrogens is 1. The van der Waals surface area contributed by atoms with Crippen molar-refractivity contribution in [1.29, 1.82) is 0 Å². The fourth-order valence-electron chi connectivity index (χ4n) is 3.92. The largest absolute Gasteiger partial charge is 0.477 e. The number of hydrogen-bond acceptors (Lipinski definition) is 6. The van der Waals surface area contributed by atoms with Crippen LogP contribution in [-0.2, 0) is 16.1 Å². The number of carbonyl (C=O) groups excluding carboxylic acids is 2. The summed E-state index contributed by atoms with van der Waals surface area (Å²) in [5.74, 6) is -1.54. The zero-order valence-corrected chi connectivity index (χ0v) is 18.9. The quantitative estimate of drug-likeness (QED) is 0.490. The summed E-state index contributed by atoms with van der Waals surface area (Å²) >= 11 is 1.01. The molecule has 0 fully saturated rings. The maximum atomic E-state index is 12.3. The van der Waals surface area contributed by atoms with Crippen LogP contribution in [0.2, 0.25) is 0 Å². The van der Waals surface area contributed by atoms with Crippen LogP contribution in [0.3, 0.4) is 0 Å². The summed E-state index contributed by atoms with van der Waals surface area (Å²) in [5, 5.41) is 14.8. The van der Waals surface area contributed by atoms with E-state index in [1.165, 1.54) is 0 Å². The normalized spacial score (nSPS) is 13.0. The summed E-state index contributed by atoms with van der Waals surface area (Å²) in [4.78, 5) is 40.1. The molecule has 3 N–H and O–H groups in total. The molecule has 2 aromatic carbocycles. The number of nitrogens with zero attached hydrogens (tertiary/aromatic N) is 1. The monoisotopic (exact) mass is 465 g/mol. The molecule has 2 amide bonds. The predicted molar refractivity (Wildman–Crippen MR) is 123 cm³/mol. The summed E-state index contributed by atoms with van der Waals surface area (Å²) in [6.45, 7) is 3.39. The van der Waals surface area contributed by atoms with Crippen molar-refractivity contribution in [1.82, 2.24) is 15.6 Å². The van der Waals surface area contributed by atoms with Crippen molar-refractivity contribution >= 4 is 29.3 Å². The first-order chi connectivity index (χ1) is 15.8. The van der Waals surface area contributed by atoms with Gasteiger partial charge >= 0.3 is 12.1 Å². The third-order valence-corrected chi connectivity index (χ3v) is 6.67. The summed E-state index contributed by atoms with van der Waals surface area (Å²) < 4.78 is 5.46. The smallest absolute Gasteiger partial charge is 0.407 e. The molecule has 1 aromatic heterocycles. The first-order valence-electron chi connectivity index (χ1n) is 10.4. The van der Waals surface area contributed by atoms with Gasteiger partial charge < -0.3 is 20.5 Å². The Balaban J connectivity index is 1.30. The number of carboxylic acid groups (broad SMARTS) is 1. The molecule has 9 heteroatoms. The van der Waals surface area contributed by atoms with Gasteiger partial charge in [-0.1, -0.05) is 48.5 Å². The molecule has 0 aliphatic heterocycles. The summed E-state index contributed by atoms with van der Waals surface area (Å²) in [6.07, 6.45) is -0.683. The minimum atomic E-state index is -1.05. The molecule has 0 spiro atoms. The van der Waals surface area contributed by atoms with E-state index < -0.39 is 24.0 Å². The van der Waals surface area contributed by atoms with Gasteiger partial charge in [0.25, 0.3) is 0 Å². The maximum Gasteiger partial charge on any atom is 0.407 e. The minimum Gasteiger partial charge on any atom is -0.477 e. The second-order valence-electron chi connectivity index (χ2n) is 7.74. The molecule has 8 nitrogen and oxygen atoms in total. The Kier molecular flexibility index (Phi) is 6.41. The number of aryl methyl sites for hydroxylation is 1. The number of amides is 2. The highest BCUT2D eigenvalue weighted by molar-refractivity contribution is 7.13. The van der Waals surface area contributed by atoms with E-state index in [4.69, 9.17) is 9.84 Å². The number of alkyl carbamates (subject to hydrolysis) is 1. The van der Waals surface area contributed by atoms with E-state index in [1.54, 1.807) is 13.8 Å². The Bertz CT molecular complexity index is 1180. The molecule has 3 aromatic rings. The van der Waals surface area contributed by atoms with Gasteiger partial charge in [0.2, 0.25) is 5.91 Å². The molecule has 1 heterocycles. The third kappa shape index (κ3) is 4.73. The molecule has 0 saturated heterocycles. The third-order valence-electron chi connectivity index (χ3n) is 5.52. The zero-order valence-electron chi connectivity index (χ0n) is 18.1. The molecule has 0 radical (unpaired) electrons. The first kappa shape index (κ1) is 22.5. The van der Waals surface area contributed by atoms with Crippen molar-refractivity contribution in [3.63, 3.8) is 0 Å². The second kappa shape index (κ2) is 9.41. The number of aromatic carboxylic acids is 1. The molecule has 1 atom stereocenters. The van der Waals surface area contributed by atoms with Crippen LogP contribution < -0.4 is 10.6 Å². The lowest BCUT2D eigenvalue weighted by Gasteiger charge is -2.17. The summed E-state index contributed by atoms with van der Waals surface area (Å²) in [7, 11) is 0. The molecule has 33 heavy (non-hydrogen) atoms. The van der Waals surface area contributed by atoms with Crippen LogP contribution >= 0.6 is 11.3 Å². The number of fused-ring (bicyclic) bond motifs is 3. The standard InChI is InChI=1S/C24H23N3O5S/c1-13-21(23(29)30)33-20(26-13)11-25-22(28)14(2)27-24(31)32-12-19-17-9-5-3-7-15(17)16-8-4-6-10-18(16)19/h3-10,14,19H,11-12H2,1-2H3,(H,25,28)(H,27,31)(H,29,30). The number of thiazole rings is 1. The van der Waals surface area contributed by atoms with Crippen molar-refractivity contribution < 1.29 is 24.2 Å². The Morgan fingerprint density at radius 3 is 2.27 bits per heavy atom. The van der Waals surface area contributed by atoms with Crippen molar-refractivity contribution in [3.8, 4) is 11.1 Å². The van der Waals surface area contributed by atoms with E-state index in [-0.39, 0.29) is 23.9 Å². The Labute approximate surface area is 194 Å². The Morgan fingerprint density at radius 1 is 1.09 bits per heavy atom. The highest BCUT2D eigenvalue weighted by atomic mass is 32.1. The van der Waals surface area contributed by atoms with Crippen LogP contribution in [0.5, 0.6) is 0 Å². The first-order valence-corrected chi connectivity index (χ1v) is 11.3. The van der Waals surface area contributed by atoms with Gasteiger partial charge in [0.1, 0.15) is 22.5 Å². The van der Waals surface area contributed by atoms with Crippen LogP contribution in [0.4, 0.5) is 4.79 Å². The van der Waals surface area contributed by atoms with E-state index in [0.717, 1.165) is 33.6 Å². The van der Waals surface area contributed by atoms with Gasteiger partial charge in [-0.2, -0.15) is 0 Å². The number of hydrogen-bond donors (Lipinski definition) is 3. The van der Waals surface area contributed by atoms with Crippen molar-refractivity contribution in [2.24, 2.45) is 0 Å². The molecule has 1 unspecified atom stereocenters. The highest BCUT2D eigenvalue weighted by Gasteiger charge is 2.29. The molecular formula is C24H23N3O5S. The lowest BCUT2D eigenvalue weighted by molar-refractivity contribution is -0.122. The number of carboxylic acids is 1. The van der Waals surface area contributed by atoms with E-state index in [2.05, 4.69) is 27.8 Å². The van der Waals surface area contributed by atoms with Crippen molar-refractivity contribution in [2.75, 3.05) is 6.61 Å². The number of carbonyl (C=O) groups is 3. The topological polar surface area (TPSA) is 118 Å². The average molecular weight is 466 g/mol. The summed E-state index contributed by atoms with van der Waals surface area (Å²) in [6, 6.07) is 15.3. The second-order valence-corrected chi connectivity index (χ2v) is 8.82. The van der Waals surface area contributed by atoms with Gasteiger partial charge in [-0.25, -0.2) is 14.6 Å². The predicted octanol–water partition coefficient (Wildman–Crippen LogP) is 3.69. The number of ether oxygens (including phenoxy) is 1. The Morgan fingerprint density at radius 2 is 1.70 bits per heavy atom. The van der Waals surface area contributed by atoms with Crippen LogP contribution in [0.1, 0.15) is 44.3 Å². The van der Waals surface area contributed by atoms with E-state index >= 15 is 0 Å². The van der Waals surface area contributed by atoms with Gasteiger partial charge in [0.05, 0.1) is 12.2 Å². The number of rotatable bonds is 7. The van der Waals surface area contributed by atoms with Gasteiger partial charge in [0.15, 0.2) is 0 Å². The van der Waals surface area contributed by atoms with E-state index in [9.17, 15) is 14.4 Å². The molecule has 0 saturated carbocycles. The van der Waals surface area contributed by atoms with Gasteiger partial charge in [0, 0.05) is 5.92 Å². The fourth-order valence-corrected chi connectivity index (χ4v) is 4.77. The molecular weight excluding hydrogens is 442 g/mol. The van der Waals surface area contributed by atoms with Crippen LogP contribution in [0.15, 0.2) is 48.5 Å². The van der Waals surface area contributed by atoms with Crippen molar-refractivity contribution in [3.05, 3.63) is 75.2 Å². The lowest BCUT2D eigenvalue weighted by Crippen LogP contribution is -2.45. The van der Waals surface area contributed by atoms with Gasteiger partial charge in [-0.3, -0.25) is 4.79 Å². The van der Waals surface area contributed by atoms with Gasteiger partial charge in [-0.15, -0.1) is 11.3 Å².